The minimum atomic E-state index is -1.06. The van der Waals surface area contributed by atoms with Crippen molar-refractivity contribution in [3.05, 3.63) is 60.4 Å². The smallest absolute Gasteiger partial charge is 0.320 e. The molecule has 0 aliphatic rings. The van der Waals surface area contributed by atoms with Gasteiger partial charge in [0, 0.05) is 4.47 Å². The van der Waals surface area contributed by atoms with Crippen molar-refractivity contribution in [2.45, 2.75) is 18.9 Å². The van der Waals surface area contributed by atoms with Crippen molar-refractivity contribution in [1.82, 2.24) is 0 Å². The number of carbonyl (C=O) groups is 1. The van der Waals surface area contributed by atoms with Crippen LogP contribution < -0.4 is 5.73 Å². The van der Waals surface area contributed by atoms with Crippen LogP contribution in [0, 0.1) is 0 Å². The summed E-state index contributed by atoms with van der Waals surface area (Å²) in [7, 11) is 0. The molecule has 0 saturated carbocycles. The molecule has 0 aromatic heterocycles. The first kappa shape index (κ1) is 18.4. The van der Waals surface area contributed by atoms with Gasteiger partial charge in [0.15, 0.2) is 0 Å². The third-order valence-electron chi connectivity index (χ3n) is 3.41. The van der Waals surface area contributed by atoms with Gasteiger partial charge in [0.05, 0.1) is 8.95 Å². The summed E-state index contributed by atoms with van der Waals surface area (Å²) in [5.74, 6) is -0.971. The van der Waals surface area contributed by atoms with Crippen LogP contribution in [0.1, 0.15) is 16.7 Å². The number of hydrogen-bond donors (Lipinski definition) is 3. The van der Waals surface area contributed by atoms with Gasteiger partial charge < -0.3 is 15.9 Å². The van der Waals surface area contributed by atoms with E-state index in [1.165, 1.54) is 0 Å². The van der Waals surface area contributed by atoms with E-state index in [-0.39, 0.29) is 12.2 Å². The van der Waals surface area contributed by atoms with E-state index in [1.807, 2.05) is 24.3 Å². The molecular formula is C16H14Br3NO3. The second-order valence-corrected chi connectivity index (χ2v) is 7.68. The van der Waals surface area contributed by atoms with Crippen LogP contribution in [0.25, 0.3) is 0 Å². The number of carboxylic acids is 1. The molecule has 0 spiro atoms. The third kappa shape index (κ3) is 4.56. The molecule has 2 rings (SSSR count). The summed E-state index contributed by atoms with van der Waals surface area (Å²) < 4.78 is 1.99. The number of rotatable bonds is 5. The number of aliphatic carboxylic acids is 1. The lowest BCUT2D eigenvalue weighted by molar-refractivity contribution is -0.138. The van der Waals surface area contributed by atoms with Crippen molar-refractivity contribution in [1.29, 1.82) is 0 Å². The monoisotopic (exact) mass is 505 g/mol. The molecule has 7 heteroatoms. The Morgan fingerprint density at radius 1 is 1.22 bits per heavy atom. The Balaban J connectivity index is 2.46. The summed E-state index contributed by atoms with van der Waals surface area (Å²) >= 11 is 10.1. The minimum Gasteiger partial charge on any atom is -0.506 e. The number of phenols is 1. The highest BCUT2D eigenvalue weighted by Gasteiger charge is 2.20. The van der Waals surface area contributed by atoms with Crippen LogP contribution in [0.15, 0.2) is 43.7 Å². The van der Waals surface area contributed by atoms with Crippen molar-refractivity contribution >= 4 is 53.8 Å². The minimum absolute atomic E-state index is 0.0858. The zero-order valence-electron chi connectivity index (χ0n) is 11.9. The van der Waals surface area contributed by atoms with Gasteiger partial charge in [0.25, 0.3) is 0 Å². The zero-order valence-corrected chi connectivity index (χ0v) is 16.7. The van der Waals surface area contributed by atoms with E-state index in [9.17, 15) is 9.90 Å². The number of hydrogen-bond acceptors (Lipinski definition) is 3. The second kappa shape index (κ2) is 7.79. The van der Waals surface area contributed by atoms with Gasteiger partial charge in [-0.2, -0.15) is 0 Å². The largest absolute Gasteiger partial charge is 0.506 e. The van der Waals surface area contributed by atoms with Gasteiger partial charge in [-0.25, -0.2) is 0 Å². The van der Waals surface area contributed by atoms with Crippen LogP contribution in [0.2, 0.25) is 0 Å². The molecule has 0 fully saturated rings. The quantitative estimate of drug-likeness (QED) is 0.565. The van der Waals surface area contributed by atoms with Gasteiger partial charge in [0.1, 0.15) is 11.8 Å². The van der Waals surface area contributed by atoms with Crippen molar-refractivity contribution in [3.63, 3.8) is 0 Å². The Morgan fingerprint density at radius 2 is 1.91 bits per heavy atom. The van der Waals surface area contributed by atoms with Crippen molar-refractivity contribution in [2.24, 2.45) is 5.73 Å². The topological polar surface area (TPSA) is 83.5 Å². The van der Waals surface area contributed by atoms with Crippen LogP contribution in [-0.4, -0.2) is 22.2 Å². The predicted molar refractivity (Wildman–Crippen MR) is 99.8 cm³/mol. The van der Waals surface area contributed by atoms with Gasteiger partial charge in [-0.1, -0.05) is 28.1 Å². The first-order valence-electron chi connectivity index (χ1n) is 6.71. The van der Waals surface area contributed by atoms with E-state index in [2.05, 4.69) is 47.8 Å². The lowest BCUT2D eigenvalue weighted by Gasteiger charge is -2.16. The number of carboxylic acid groups (broad SMARTS) is 1. The normalized spacial score (nSPS) is 12.2. The first-order chi connectivity index (χ1) is 10.8. The average Bonchev–Trinajstić information content (AvgIpc) is 2.49. The van der Waals surface area contributed by atoms with Gasteiger partial charge in [0.2, 0.25) is 0 Å². The Hall–Kier alpha value is -0.890. The predicted octanol–water partition coefficient (Wildman–Crippen LogP) is 4.22. The Bertz CT molecular complexity index is 750. The molecule has 0 unspecified atom stereocenters. The number of phenolic OH excluding ortho intramolecular Hbond substituents is 1. The molecule has 4 N–H and O–H groups in total. The maximum atomic E-state index is 11.1. The van der Waals surface area contributed by atoms with Gasteiger partial charge >= 0.3 is 5.97 Å². The molecule has 0 bridgehead atoms. The van der Waals surface area contributed by atoms with E-state index >= 15 is 0 Å². The standard InChI is InChI=1S/C16H14Br3NO3/c17-10-3-1-2-8(4-10)5-11-9(7-13(20)16(22)23)6-12(18)15(21)14(11)19/h1-4,6,13,21H,5,7,20H2,(H,22,23)/t13-/m0/s1. The van der Waals surface area contributed by atoms with E-state index in [1.54, 1.807) is 6.07 Å². The lowest BCUT2D eigenvalue weighted by atomic mass is 9.95. The van der Waals surface area contributed by atoms with Crippen LogP contribution in [0.4, 0.5) is 0 Å². The number of nitrogens with two attached hydrogens (primary N) is 1. The van der Waals surface area contributed by atoms with Crippen molar-refractivity contribution < 1.29 is 15.0 Å². The molecule has 1 atom stereocenters. The Labute approximate surface area is 159 Å². The molecule has 23 heavy (non-hydrogen) atoms. The van der Waals surface area contributed by atoms with Crippen LogP contribution in [0.5, 0.6) is 5.75 Å². The van der Waals surface area contributed by atoms with Gasteiger partial charge in [-0.3, -0.25) is 4.79 Å². The SMILES string of the molecule is N[C@@H](Cc1cc(Br)c(O)c(Br)c1Cc1cccc(Br)c1)C(=O)O. The Kier molecular flexibility index (Phi) is 6.25. The van der Waals surface area contributed by atoms with Crippen LogP contribution in [-0.2, 0) is 17.6 Å². The highest BCUT2D eigenvalue weighted by Crippen LogP contribution is 2.38. The summed E-state index contributed by atoms with van der Waals surface area (Å²) in [6, 6.07) is 8.52. The van der Waals surface area contributed by atoms with Gasteiger partial charge in [-0.15, -0.1) is 0 Å². The molecule has 0 aliphatic heterocycles. The first-order valence-corrected chi connectivity index (χ1v) is 9.09. The molecule has 0 amide bonds. The summed E-state index contributed by atoms with van der Waals surface area (Å²) in [6.07, 6.45) is 0.721. The van der Waals surface area contributed by atoms with Crippen molar-refractivity contribution in [3.8, 4) is 5.75 Å². The zero-order chi connectivity index (χ0) is 17.1. The molecule has 0 saturated heterocycles. The van der Waals surface area contributed by atoms with E-state index in [4.69, 9.17) is 10.8 Å². The summed E-state index contributed by atoms with van der Waals surface area (Å²) in [4.78, 5) is 11.1. The van der Waals surface area contributed by atoms with Crippen LogP contribution in [0.3, 0.4) is 0 Å². The highest BCUT2D eigenvalue weighted by atomic mass is 79.9. The third-order valence-corrected chi connectivity index (χ3v) is 5.37. The van der Waals surface area contributed by atoms with Crippen LogP contribution >= 0.6 is 47.8 Å². The maximum absolute atomic E-state index is 11.1. The molecule has 2 aromatic carbocycles. The molecular weight excluding hydrogens is 494 g/mol. The molecule has 0 radical (unpaired) electrons. The summed E-state index contributed by atoms with van der Waals surface area (Å²) in [6.45, 7) is 0. The van der Waals surface area contributed by atoms with E-state index in [0.717, 1.165) is 21.2 Å². The van der Waals surface area contributed by atoms with Crippen molar-refractivity contribution in [2.75, 3.05) is 0 Å². The molecule has 0 heterocycles. The highest BCUT2D eigenvalue weighted by molar-refractivity contribution is 9.11. The average molecular weight is 508 g/mol. The fourth-order valence-electron chi connectivity index (χ4n) is 2.25. The Morgan fingerprint density at radius 3 is 2.52 bits per heavy atom. The fourth-order valence-corrected chi connectivity index (χ4v) is 4.04. The van der Waals surface area contributed by atoms with E-state index < -0.39 is 12.0 Å². The summed E-state index contributed by atoms with van der Waals surface area (Å²) in [5, 5.41) is 19.2. The summed E-state index contributed by atoms with van der Waals surface area (Å²) in [5.41, 5.74) is 8.30. The molecule has 2 aromatic rings. The number of halogens is 3. The number of aromatic hydroxyl groups is 1. The maximum Gasteiger partial charge on any atom is 0.320 e. The van der Waals surface area contributed by atoms with Gasteiger partial charge in [-0.05, 0) is 79.6 Å². The molecule has 0 aliphatic carbocycles. The second-order valence-electron chi connectivity index (χ2n) is 5.11. The molecule has 122 valence electrons. The lowest BCUT2D eigenvalue weighted by Crippen LogP contribution is -2.32. The number of benzene rings is 2. The molecule has 4 nitrogen and oxygen atoms in total. The fraction of sp³-hybridized carbons (Fsp3) is 0.188. The van der Waals surface area contributed by atoms with E-state index in [0.29, 0.717) is 15.4 Å².